The zero-order valence-electron chi connectivity index (χ0n) is 18.6. The predicted octanol–water partition coefficient (Wildman–Crippen LogP) is 2.77. The molecule has 0 fully saturated rings. The van der Waals surface area contributed by atoms with E-state index in [1.807, 2.05) is 25.1 Å². The fourth-order valence-electron chi connectivity index (χ4n) is 3.42. The van der Waals surface area contributed by atoms with Crippen LogP contribution < -0.4 is 25.8 Å². The molecule has 0 bridgehead atoms. The smallest absolute Gasteiger partial charge is 0.252 e. The van der Waals surface area contributed by atoms with Gasteiger partial charge >= 0.3 is 0 Å². The molecule has 3 aromatic rings. The van der Waals surface area contributed by atoms with E-state index >= 15 is 0 Å². The molecule has 0 unspecified atom stereocenters. The number of primary amides is 1. The number of carbonyl (C=O) groups is 1. The minimum absolute atomic E-state index is 0.0985. The van der Waals surface area contributed by atoms with Gasteiger partial charge in [0, 0.05) is 42.8 Å². The van der Waals surface area contributed by atoms with E-state index in [0.717, 1.165) is 16.8 Å². The SMILES string of the molecule is COc1cc2ncc(C(N)=O)c(Nc3cccc(CO)c3C)c2cc1OCCNCCC#N. The largest absolute Gasteiger partial charge is 0.493 e. The number of benzene rings is 2. The lowest BCUT2D eigenvalue weighted by Crippen LogP contribution is -2.22. The maximum absolute atomic E-state index is 12.2. The number of amides is 1. The Hall–Kier alpha value is -3.87. The van der Waals surface area contributed by atoms with Crippen molar-refractivity contribution in [1.29, 1.82) is 5.26 Å². The monoisotopic (exact) mass is 449 g/mol. The fourth-order valence-corrected chi connectivity index (χ4v) is 3.42. The number of aromatic nitrogens is 1. The molecule has 1 amide bonds. The average molecular weight is 450 g/mol. The summed E-state index contributed by atoms with van der Waals surface area (Å²) in [5, 5.41) is 25.3. The first-order chi connectivity index (χ1) is 16.0. The third-order valence-corrected chi connectivity index (χ3v) is 5.24. The summed E-state index contributed by atoms with van der Waals surface area (Å²) in [6.07, 6.45) is 1.85. The van der Waals surface area contributed by atoms with Crippen molar-refractivity contribution in [3.8, 4) is 17.6 Å². The Morgan fingerprint density at radius 3 is 2.79 bits per heavy atom. The van der Waals surface area contributed by atoms with E-state index < -0.39 is 5.91 Å². The summed E-state index contributed by atoms with van der Waals surface area (Å²) in [6, 6.07) is 11.1. The van der Waals surface area contributed by atoms with Crippen LogP contribution in [0.3, 0.4) is 0 Å². The molecule has 0 radical (unpaired) electrons. The molecule has 1 aromatic heterocycles. The Balaban J connectivity index is 2.02. The molecular weight excluding hydrogens is 422 g/mol. The molecular formula is C24H27N5O4. The van der Waals surface area contributed by atoms with Gasteiger partial charge in [-0.3, -0.25) is 9.78 Å². The minimum Gasteiger partial charge on any atom is -0.493 e. The maximum Gasteiger partial charge on any atom is 0.252 e. The maximum atomic E-state index is 12.2. The Kier molecular flexibility index (Phi) is 8.02. The van der Waals surface area contributed by atoms with Crippen molar-refractivity contribution in [1.82, 2.24) is 10.3 Å². The number of anilines is 2. The highest BCUT2D eigenvalue weighted by Crippen LogP contribution is 2.37. The normalized spacial score (nSPS) is 10.6. The first-order valence-corrected chi connectivity index (χ1v) is 10.5. The van der Waals surface area contributed by atoms with Gasteiger partial charge in [-0.1, -0.05) is 12.1 Å². The molecule has 33 heavy (non-hydrogen) atoms. The van der Waals surface area contributed by atoms with Crippen LogP contribution in [-0.4, -0.2) is 42.8 Å². The van der Waals surface area contributed by atoms with Gasteiger partial charge in [-0.05, 0) is 30.2 Å². The van der Waals surface area contributed by atoms with E-state index in [0.29, 0.717) is 54.2 Å². The lowest BCUT2D eigenvalue weighted by molar-refractivity contribution is 0.100. The van der Waals surface area contributed by atoms with Crippen LogP contribution in [0.25, 0.3) is 10.9 Å². The topological polar surface area (TPSA) is 143 Å². The van der Waals surface area contributed by atoms with Gasteiger partial charge in [0.05, 0.1) is 36.6 Å². The molecule has 0 saturated heterocycles. The van der Waals surface area contributed by atoms with Crippen LogP contribution in [0.15, 0.2) is 36.5 Å². The molecule has 2 aromatic carbocycles. The Morgan fingerprint density at radius 1 is 1.27 bits per heavy atom. The number of pyridine rings is 1. The van der Waals surface area contributed by atoms with Gasteiger partial charge in [-0.2, -0.15) is 5.26 Å². The number of carbonyl (C=O) groups excluding carboxylic acids is 1. The molecule has 0 aliphatic heterocycles. The summed E-state index contributed by atoms with van der Waals surface area (Å²) in [4.78, 5) is 16.6. The van der Waals surface area contributed by atoms with E-state index in [1.165, 1.54) is 6.20 Å². The summed E-state index contributed by atoms with van der Waals surface area (Å²) in [5.41, 5.74) is 9.31. The lowest BCUT2D eigenvalue weighted by atomic mass is 10.0. The van der Waals surface area contributed by atoms with E-state index in [-0.39, 0.29) is 12.2 Å². The molecule has 0 aliphatic rings. The van der Waals surface area contributed by atoms with Gasteiger partial charge in [-0.25, -0.2) is 0 Å². The third-order valence-electron chi connectivity index (χ3n) is 5.24. The summed E-state index contributed by atoms with van der Waals surface area (Å²) in [6.45, 7) is 3.29. The van der Waals surface area contributed by atoms with E-state index in [2.05, 4.69) is 21.7 Å². The molecule has 9 heteroatoms. The summed E-state index contributed by atoms with van der Waals surface area (Å²) in [7, 11) is 1.54. The second-order valence-electron chi connectivity index (χ2n) is 7.31. The van der Waals surface area contributed by atoms with Crippen LogP contribution in [0, 0.1) is 18.3 Å². The van der Waals surface area contributed by atoms with Crippen LogP contribution in [0.2, 0.25) is 0 Å². The number of nitrogens with zero attached hydrogens (tertiary/aromatic N) is 2. The van der Waals surface area contributed by atoms with Crippen molar-refractivity contribution in [3.63, 3.8) is 0 Å². The van der Waals surface area contributed by atoms with Crippen LogP contribution >= 0.6 is 0 Å². The Bertz CT molecular complexity index is 1190. The Labute approximate surface area is 192 Å². The van der Waals surface area contributed by atoms with Crippen LogP contribution in [0.5, 0.6) is 11.5 Å². The number of methoxy groups -OCH3 is 1. The number of aliphatic hydroxyl groups excluding tert-OH is 1. The molecule has 0 atom stereocenters. The van der Waals surface area contributed by atoms with E-state index in [1.54, 1.807) is 19.2 Å². The molecule has 0 aliphatic carbocycles. The van der Waals surface area contributed by atoms with Crippen molar-refractivity contribution in [2.45, 2.75) is 20.0 Å². The number of rotatable bonds is 11. The van der Waals surface area contributed by atoms with Crippen LogP contribution in [0.1, 0.15) is 27.9 Å². The molecule has 1 heterocycles. The highest BCUT2D eigenvalue weighted by Gasteiger charge is 2.18. The van der Waals surface area contributed by atoms with Crippen LogP contribution in [-0.2, 0) is 6.61 Å². The number of ether oxygens (including phenoxy) is 2. The molecule has 9 nitrogen and oxygen atoms in total. The van der Waals surface area contributed by atoms with Crippen molar-refractivity contribution in [2.75, 3.05) is 32.1 Å². The quantitative estimate of drug-likeness (QED) is 0.327. The van der Waals surface area contributed by atoms with Crippen molar-refractivity contribution < 1.29 is 19.4 Å². The second kappa shape index (κ2) is 11.1. The highest BCUT2D eigenvalue weighted by molar-refractivity contribution is 6.08. The number of nitriles is 1. The molecule has 5 N–H and O–H groups in total. The number of hydrogen-bond acceptors (Lipinski definition) is 8. The zero-order chi connectivity index (χ0) is 23.8. The first kappa shape index (κ1) is 23.8. The molecule has 0 saturated carbocycles. The molecule has 0 spiro atoms. The van der Waals surface area contributed by atoms with Gasteiger partial charge in [0.15, 0.2) is 11.5 Å². The van der Waals surface area contributed by atoms with Gasteiger partial charge in [0.25, 0.3) is 5.91 Å². The second-order valence-corrected chi connectivity index (χ2v) is 7.31. The number of fused-ring (bicyclic) bond motifs is 1. The molecule has 3 rings (SSSR count). The van der Waals surface area contributed by atoms with Crippen molar-refractivity contribution in [3.05, 3.63) is 53.2 Å². The number of aliphatic hydroxyl groups is 1. The van der Waals surface area contributed by atoms with Gasteiger partial charge in [-0.15, -0.1) is 0 Å². The number of nitrogens with one attached hydrogen (secondary N) is 2. The molecule has 172 valence electrons. The number of hydrogen-bond donors (Lipinski definition) is 4. The predicted molar refractivity (Wildman–Crippen MR) is 126 cm³/mol. The van der Waals surface area contributed by atoms with Crippen LogP contribution in [0.4, 0.5) is 11.4 Å². The standard InChI is InChI=1S/C24H27N5O4/c1-15-16(14-30)5-3-6-19(15)29-23-17-11-22(33-10-9-27-8-4-7-25)21(32-2)12-20(17)28-13-18(23)24(26)31/h3,5-6,11-13,27,30H,4,8-10,14H2,1-2H3,(H2,26,31)(H,28,29). The van der Waals surface area contributed by atoms with E-state index in [9.17, 15) is 9.90 Å². The third kappa shape index (κ3) is 5.49. The summed E-state index contributed by atoms with van der Waals surface area (Å²) in [5.74, 6) is 0.366. The van der Waals surface area contributed by atoms with Gasteiger partial charge in [0.2, 0.25) is 0 Å². The average Bonchev–Trinajstić information content (AvgIpc) is 2.82. The summed E-state index contributed by atoms with van der Waals surface area (Å²) < 4.78 is 11.4. The first-order valence-electron chi connectivity index (χ1n) is 10.5. The van der Waals surface area contributed by atoms with Crippen molar-refractivity contribution >= 4 is 28.2 Å². The summed E-state index contributed by atoms with van der Waals surface area (Å²) >= 11 is 0. The Morgan fingerprint density at radius 2 is 2.09 bits per heavy atom. The highest BCUT2D eigenvalue weighted by atomic mass is 16.5. The lowest BCUT2D eigenvalue weighted by Gasteiger charge is -2.18. The minimum atomic E-state index is -0.622. The zero-order valence-corrected chi connectivity index (χ0v) is 18.6. The number of nitrogens with two attached hydrogens (primary N) is 1. The van der Waals surface area contributed by atoms with E-state index in [4.69, 9.17) is 20.5 Å². The van der Waals surface area contributed by atoms with Gasteiger partial charge in [0.1, 0.15) is 6.61 Å². The fraction of sp³-hybridized carbons (Fsp3) is 0.292. The van der Waals surface area contributed by atoms with Gasteiger partial charge < -0.3 is 30.9 Å². The van der Waals surface area contributed by atoms with Crippen molar-refractivity contribution in [2.24, 2.45) is 5.73 Å².